The molecule has 0 radical (unpaired) electrons. The second-order valence-electron chi connectivity index (χ2n) is 5.11. The summed E-state index contributed by atoms with van der Waals surface area (Å²) in [6.45, 7) is 1.74. The van der Waals surface area contributed by atoms with Gasteiger partial charge >= 0.3 is 0 Å². The number of aromatic nitrogens is 2. The molecule has 0 spiro atoms. The van der Waals surface area contributed by atoms with Gasteiger partial charge in [0.05, 0.1) is 18.8 Å². The first-order valence-electron chi connectivity index (χ1n) is 7.10. The summed E-state index contributed by atoms with van der Waals surface area (Å²) >= 11 is 0. The number of benzene rings is 1. The highest BCUT2D eigenvalue weighted by Crippen LogP contribution is 2.13. The molecular weight excluding hydrogens is 282 g/mol. The first kappa shape index (κ1) is 14.3. The van der Waals surface area contributed by atoms with Crippen LogP contribution in [0.15, 0.2) is 42.7 Å². The van der Waals surface area contributed by atoms with Crippen molar-refractivity contribution >= 4 is 17.5 Å². The van der Waals surface area contributed by atoms with Crippen LogP contribution in [-0.2, 0) is 9.59 Å². The topological polar surface area (TPSA) is 79.3 Å². The molecule has 1 saturated heterocycles. The number of rotatable bonds is 4. The molecule has 114 valence electrons. The highest BCUT2D eigenvalue weighted by Gasteiger charge is 2.18. The standard InChI is InChI=1S/C15H17N5O2/c21-14-10-19(8-6-16-14)11-15(22)18-12-3-1-4-13(9-12)20-7-2-5-17-20/h1-5,7,9H,6,8,10-11H2,(H,16,21)(H,18,22). The SMILES string of the molecule is O=C1CN(CC(=O)Nc2cccc(-n3cccn3)c2)CCN1. The molecule has 2 amide bonds. The third kappa shape index (κ3) is 3.50. The Bertz CT molecular complexity index is 668. The Labute approximate surface area is 127 Å². The number of piperazine rings is 1. The Kier molecular flexibility index (Phi) is 4.15. The lowest BCUT2D eigenvalue weighted by Crippen LogP contribution is -2.49. The van der Waals surface area contributed by atoms with Gasteiger partial charge in [-0.3, -0.25) is 14.5 Å². The van der Waals surface area contributed by atoms with Crippen LogP contribution >= 0.6 is 0 Å². The fourth-order valence-corrected chi connectivity index (χ4v) is 2.38. The highest BCUT2D eigenvalue weighted by molar-refractivity contribution is 5.93. The maximum atomic E-state index is 12.1. The molecule has 1 aromatic carbocycles. The predicted octanol–water partition coefficient (Wildman–Crippen LogP) is 0.243. The maximum Gasteiger partial charge on any atom is 0.238 e. The third-order valence-electron chi connectivity index (χ3n) is 3.38. The van der Waals surface area contributed by atoms with Gasteiger partial charge in [0.25, 0.3) is 0 Å². The van der Waals surface area contributed by atoms with E-state index in [1.165, 1.54) is 0 Å². The molecule has 1 aliphatic rings. The van der Waals surface area contributed by atoms with Crippen molar-refractivity contribution in [2.24, 2.45) is 0 Å². The maximum absolute atomic E-state index is 12.1. The highest BCUT2D eigenvalue weighted by atomic mass is 16.2. The van der Waals surface area contributed by atoms with Crippen molar-refractivity contribution in [2.45, 2.75) is 0 Å². The zero-order valence-corrected chi connectivity index (χ0v) is 12.0. The fraction of sp³-hybridized carbons (Fsp3) is 0.267. The molecule has 2 heterocycles. The van der Waals surface area contributed by atoms with Crippen molar-refractivity contribution in [1.82, 2.24) is 20.0 Å². The number of hydrogen-bond acceptors (Lipinski definition) is 4. The van der Waals surface area contributed by atoms with Gasteiger partial charge in [-0.2, -0.15) is 5.10 Å². The lowest BCUT2D eigenvalue weighted by Gasteiger charge is -2.25. The molecule has 1 aromatic heterocycles. The minimum absolute atomic E-state index is 0.0419. The lowest BCUT2D eigenvalue weighted by atomic mass is 10.2. The molecule has 0 saturated carbocycles. The second-order valence-corrected chi connectivity index (χ2v) is 5.11. The Balaban J connectivity index is 1.62. The van der Waals surface area contributed by atoms with E-state index in [-0.39, 0.29) is 24.9 Å². The smallest absolute Gasteiger partial charge is 0.238 e. The molecule has 22 heavy (non-hydrogen) atoms. The molecule has 1 fully saturated rings. The van der Waals surface area contributed by atoms with E-state index >= 15 is 0 Å². The summed E-state index contributed by atoms with van der Waals surface area (Å²) in [4.78, 5) is 25.2. The zero-order chi connectivity index (χ0) is 15.4. The van der Waals surface area contributed by atoms with Gasteiger partial charge in [-0.15, -0.1) is 0 Å². The Hall–Kier alpha value is -2.67. The Morgan fingerprint density at radius 3 is 3.05 bits per heavy atom. The summed E-state index contributed by atoms with van der Waals surface area (Å²) in [7, 11) is 0. The van der Waals surface area contributed by atoms with E-state index in [1.54, 1.807) is 10.9 Å². The van der Waals surface area contributed by atoms with E-state index in [0.717, 1.165) is 5.69 Å². The van der Waals surface area contributed by atoms with Crippen molar-refractivity contribution in [3.8, 4) is 5.69 Å². The summed E-state index contributed by atoms with van der Waals surface area (Å²) in [6, 6.07) is 9.30. The summed E-state index contributed by atoms with van der Waals surface area (Å²) in [6.07, 6.45) is 3.54. The lowest BCUT2D eigenvalue weighted by molar-refractivity contribution is -0.125. The van der Waals surface area contributed by atoms with E-state index in [4.69, 9.17) is 0 Å². The monoisotopic (exact) mass is 299 g/mol. The van der Waals surface area contributed by atoms with E-state index in [9.17, 15) is 9.59 Å². The van der Waals surface area contributed by atoms with Crippen LogP contribution in [0.4, 0.5) is 5.69 Å². The molecule has 2 N–H and O–H groups in total. The fourth-order valence-electron chi connectivity index (χ4n) is 2.38. The van der Waals surface area contributed by atoms with Gasteiger partial charge in [0.15, 0.2) is 0 Å². The molecule has 0 unspecified atom stereocenters. The molecule has 0 bridgehead atoms. The summed E-state index contributed by atoms with van der Waals surface area (Å²) in [5.41, 5.74) is 1.58. The van der Waals surface area contributed by atoms with E-state index in [0.29, 0.717) is 18.8 Å². The number of nitrogens with one attached hydrogen (secondary N) is 2. The van der Waals surface area contributed by atoms with Crippen LogP contribution in [0.25, 0.3) is 5.69 Å². The average Bonchev–Trinajstić information content (AvgIpc) is 3.01. The minimum atomic E-state index is -0.132. The van der Waals surface area contributed by atoms with Crippen molar-refractivity contribution in [3.05, 3.63) is 42.7 Å². The van der Waals surface area contributed by atoms with Crippen LogP contribution in [0.2, 0.25) is 0 Å². The minimum Gasteiger partial charge on any atom is -0.354 e. The van der Waals surface area contributed by atoms with Crippen LogP contribution in [0, 0.1) is 0 Å². The number of carbonyl (C=O) groups excluding carboxylic acids is 2. The number of nitrogens with zero attached hydrogens (tertiary/aromatic N) is 3. The number of hydrogen-bond donors (Lipinski definition) is 2. The van der Waals surface area contributed by atoms with E-state index in [2.05, 4.69) is 15.7 Å². The largest absolute Gasteiger partial charge is 0.354 e. The molecule has 1 aliphatic heterocycles. The molecule has 7 nitrogen and oxygen atoms in total. The third-order valence-corrected chi connectivity index (χ3v) is 3.38. The zero-order valence-electron chi connectivity index (χ0n) is 12.0. The number of anilines is 1. The normalized spacial score (nSPS) is 15.4. The van der Waals surface area contributed by atoms with Crippen molar-refractivity contribution < 1.29 is 9.59 Å². The average molecular weight is 299 g/mol. The van der Waals surface area contributed by atoms with Crippen LogP contribution in [0.3, 0.4) is 0 Å². The first-order valence-corrected chi connectivity index (χ1v) is 7.10. The van der Waals surface area contributed by atoms with Gasteiger partial charge in [-0.1, -0.05) is 6.07 Å². The van der Waals surface area contributed by atoms with Gasteiger partial charge in [-0.25, -0.2) is 4.68 Å². The van der Waals surface area contributed by atoms with Gasteiger partial charge in [0.1, 0.15) is 0 Å². The van der Waals surface area contributed by atoms with Crippen LogP contribution in [0.5, 0.6) is 0 Å². The number of carbonyl (C=O) groups is 2. The van der Waals surface area contributed by atoms with Crippen LogP contribution in [0.1, 0.15) is 0 Å². The molecule has 0 atom stereocenters. The molecular formula is C15H17N5O2. The Morgan fingerprint density at radius 2 is 2.27 bits per heavy atom. The predicted molar refractivity (Wildman–Crippen MR) is 81.6 cm³/mol. The van der Waals surface area contributed by atoms with Gasteiger partial charge in [0, 0.05) is 31.2 Å². The molecule has 2 aromatic rings. The van der Waals surface area contributed by atoms with Gasteiger partial charge in [0.2, 0.25) is 11.8 Å². The molecule has 3 rings (SSSR count). The van der Waals surface area contributed by atoms with Crippen molar-refractivity contribution in [1.29, 1.82) is 0 Å². The summed E-state index contributed by atoms with van der Waals surface area (Å²) in [5, 5.41) is 9.75. The quantitative estimate of drug-likeness (QED) is 0.848. The van der Waals surface area contributed by atoms with Crippen LogP contribution in [-0.4, -0.2) is 52.7 Å². The van der Waals surface area contributed by atoms with Gasteiger partial charge < -0.3 is 10.6 Å². The van der Waals surface area contributed by atoms with Crippen molar-refractivity contribution in [3.63, 3.8) is 0 Å². The second kappa shape index (κ2) is 6.40. The Morgan fingerprint density at radius 1 is 1.36 bits per heavy atom. The van der Waals surface area contributed by atoms with E-state index in [1.807, 2.05) is 41.4 Å². The first-order chi connectivity index (χ1) is 10.7. The van der Waals surface area contributed by atoms with Crippen LogP contribution < -0.4 is 10.6 Å². The number of amides is 2. The van der Waals surface area contributed by atoms with Crippen molar-refractivity contribution in [2.75, 3.05) is 31.5 Å². The van der Waals surface area contributed by atoms with Gasteiger partial charge in [-0.05, 0) is 24.3 Å². The summed E-state index contributed by atoms with van der Waals surface area (Å²) in [5.74, 6) is -0.174. The molecule has 0 aliphatic carbocycles. The summed E-state index contributed by atoms with van der Waals surface area (Å²) < 4.78 is 1.73. The molecule has 7 heteroatoms. The van der Waals surface area contributed by atoms with E-state index < -0.39 is 0 Å².